The van der Waals surface area contributed by atoms with Crippen molar-refractivity contribution < 1.29 is 9.66 Å². The van der Waals surface area contributed by atoms with Crippen molar-refractivity contribution in [1.29, 1.82) is 0 Å². The second-order valence-corrected chi connectivity index (χ2v) is 2.76. The fourth-order valence-electron chi connectivity index (χ4n) is 0.918. The van der Waals surface area contributed by atoms with Crippen LogP contribution in [-0.4, -0.2) is 12.0 Å². The molecule has 1 radical (unpaired) electrons. The average molecular weight is 245 g/mol. The molecule has 0 N–H and O–H groups in total. The van der Waals surface area contributed by atoms with E-state index in [-0.39, 0.29) is 11.4 Å². The first-order valence-electron chi connectivity index (χ1n) is 3.45. The minimum Gasteiger partial charge on any atom is -0.490 e. The summed E-state index contributed by atoms with van der Waals surface area (Å²) in [6.45, 7) is 0. The zero-order valence-corrected chi connectivity index (χ0v) is 8.45. The third-order valence-electron chi connectivity index (χ3n) is 1.53. The lowest BCUT2D eigenvalue weighted by Gasteiger charge is -2.01. The number of halogens is 1. The van der Waals surface area contributed by atoms with E-state index in [2.05, 4.69) is 15.9 Å². The van der Waals surface area contributed by atoms with Gasteiger partial charge in [0.15, 0.2) is 5.75 Å². The van der Waals surface area contributed by atoms with E-state index in [9.17, 15) is 10.1 Å². The number of nitrogens with zero attached hydrogens (tertiary/aromatic N) is 1. The Morgan fingerprint density at radius 1 is 1.62 bits per heavy atom. The van der Waals surface area contributed by atoms with E-state index in [1.807, 2.05) is 0 Å². The summed E-state index contributed by atoms with van der Waals surface area (Å²) in [5.74, 6) is 0.267. The maximum Gasteiger partial charge on any atom is 0.311 e. The van der Waals surface area contributed by atoms with Crippen molar-refractivity contribution in [2.45, 2.75) is 0 Å². The molecule has 0 aliphatic rings. The highest BCUT2D eigenvalue weighted by atomic mass is 79.9. The molecule has 0 saturated carbocycles. The molecule has 1 aromatic rings. The Balaban J connectivity index is 3.18. The number of methoxy groups -OCH3 is 1. The van der Waals surface area contributed by atoms with E-state index in [0.29, 0.717) is 0 Å². The van der Waals surface area contributed by atoms with Crippen LogP contribution in [-0.2, 0) is 0 Å². The SMILES string of the molecule is COc1ccc([CH]Br)cc1[N+](=O)[O-]. The summed E-state index contributed by atoms with van der Waals surface area (Å²) in [5, 5.41) is 12.2. The molecule has 0 amide bonds. The van der Waals surface area contributed by atoms with E-state index < -0.39 is 4.92 Å². The second-order valence-electron chi connectivity index (χ2n) is 2.30. The predicted octanol–water partition coefficient (Wildman–Crippen LogP) is 2.51. The number of nitro benzene ring substituents is 1. The van der Waals surface area contributed by atoms with Crippen LogP contribution < -0.4 is 4.74 Å². The van der Waals surface area contributed by atoms with Crippen LogP contribution in [0.1, 0.15) is 5.56 Å². The summed E-state index contributed by atoms with van der Waals surface area (Å²) in [6, 6.07) is 4.72. The fourth-order valence-corrected chi connectivity index (χ4v) is 1.20. The highest BCUT2D eigenvalue weighted by Crippen LogP contribution is 2.28. The minimum absolute atomic E-state index is 0.0318. The molecule has 0 heterocycles. The number of hydrogen-bond donors (Lipinski definition) is 0. The summed E-state index contributed by atoms with van der Waals surface area (Å²) >= 11 is 3.10. The van der Waals surface area contributed by atoms with Gasteiger partial charge in [-0.1, -0.05) is 22.0 Å². The molecule has 0 aromatic heterocycles. The molecule has 1 rings (SSSR count). The molecule has 0 unspecified atom stereocenters. The third-order valence-corrected chi connectivity index (χ3v) is 2.05. The Morgan fingerprint density at radius 2 is 2.31 bits per heavy atom. The molecule has 0 aliphatic heterocycles. The smallest absolute Gasteiger partial charge is 0.311 e. The molecule has 1 aromatic carbocycles. The van der Waals surface area contributed by atoms with Crippen molar-refractivity contribution in [2.75, 3.05) is 7.11 Å². The van der Waals surface area contributed by atoms with Gasteiger partial charge in [0, 0.05) is 6.07 Å². The molecule has 0 atom stereocenters. The quantitative estimate of drug-likeness (QED) is 0.607. The summed E-state index contributed by atoms with van der Waals surface area (Å²) in [5.41, 5.74) is 0.697. The van der Waals surface area contributed by atoms with Crippen LogP contribution in [0, 0.1) is 15.4 Å². The number of benzene rings is 1. The number of nitro groups is 1. The van der Waals surface area contributed by atoms with Crippen molar-refractivity contribution in [3.63, 3.8) is 0 Å². The molecule has 0 bridgehead atoms. The van der Waals surface area contributed by atoms with E-state index in [1.54, 1.807) is 17.5 Å². The molecule has 0 saturated heterocycles. The Hall–Kier alpha value is -1.10. The molecule has 4 nitrogen and oxygen atoms in total. The van der Waals surface area contributed by atoms with E-state index >= 15 is 0 Å². The lowest BCUT2D eigenvalue weighted by atomic mass is 10.2. The van der Waals surface area contributed by atoms with Gasteiger partial charge < -0.3 is 4.74 Å². The van der Waals surface area contributed by atoms with E-state index in [4.69, 9.17) is 4.74 Å². The Labute approximate surface area is 83.8 Å². The van der Waals surface area contributed by atoms with Gasteiger partial charge in [-0.05, 0) is 11.6 Å². The van der Waals surface area contributed by atoms with Gasteiger partial charge in [0.05, 0.1) is 17.4 Å². The van der Waals surface area contributed by atoms with Gasteiger partial charge in [-0.3, -0.25) is 10.1 Å². The zero-order chi connectivity index (χ0) is 9.84. The number of rotatable bonds is 3. The largest absolute Gasteiger partial charge is 0.490 e. The van der Waals surface area contributed by atoms with Crippen LogP contribution in [0.15, 0.2) is 18.2 Å². The van der Waals surface area contributed by atoms with E-state index in [0.717, 1.165) is 5.56 Å². The van der Waals surface area contributed by atoms with Crippen LogP contribution in [0.4, 0.5) is 5.69 Å². The minimum atomic E-state index is -0.473. The maximum atomic E-state index is 10.5. The first-order chi connectivity index (χ1) is 6.19. The standard InChI is InChI=1S/C8H7BrNO3/c1-13-8-3-2-6(5-9)4-7(8)10(11)12/h2-5H,1H3. The predicted molar refractivity (Wildman–Crippen MR) is 52.0 cm³/mol. The van der Waals surface area contributed by atoms with Crippen LogP contribution in [0.25, 0.3) is 0 Å². The van der Waals surface area contributed by atoms with Gasteiger partial charge in [-0.15, -0.1) is 0 Å². The van der Waals surface area contributed by atoms with Crippen LogP contribution in [0.2, 0.25) is 0 Å². The molecule has 0 aliphatic carbocycles. The van der Waals surface area contributed by atoms with Gasteiger partial charge in [0.1, 0.15) is 0 Å². The zero-order valence-electron chi connectivity index (χ0n) is 6.86. The van der Waals surface area contributed by atoms with Crippen molar-refractivity contribution in [3.8, 4) is 5.75 Å². The normalized spacial score (nSPS) is 9.69. The van der Waals surface area contributed by atoms with Gasteiger partial charge in [-0.25, -0.2) is 0 Å². The Morgan fingerprint density at radius 3 is 2.77 bits per heavy atom. The van der Waals surface area contributed by atoms with Crippen molar-refractivity contribution in [3.05, 3.63) is 39.2 Å². The molecular formula is C8H7BrNO3. The van der Waals surface area contributed by atoms with Crippen LogP contribution in [0.5, 0.6) is 5.75 Å². The molecule has 0 spiro atoms. The Kier molecular flexibility index (Phi) is 3.25. The molecule has 0 fully saturated rings. The number of hydrogen-bond acceptors (Lipinski definition) is 3. The van der Waals surface area contributed by atoms with E-state index in [1.165, 1.54) is 13.2 Å². The van der Waals surface area contributed by atoms with Gasteiger partial charge in [-0.2, -0.15) is 0 Å². The summed E-state index contributed by atoms with van der Waals surface area (Å²) in [4.78, 5) is 10.1. The van der Waals surface area contributed by atoms with Gasteiger partial charge in [0.2, 0.25) is 0 Å². The summed E-state index contributed by atoms with van der Waals surface area (Å²) in [6.07, 6.45) is 0. The maximum absolute atomic E-state index is 10.5. The monoisotopic (exact) mass is 244 g/mol. The third kappa shape index (κ3) is 2.18. The average Bonchev–Trinajstić information content (AvgIpc) is 2.16. The molecule has 69 valence electrons. The highest BCUT2D eigenvalue weighted by molar-refractivity contribution is 9.10. The van der Waals surface area contributed by atoms with Crippen molar-refractivity contribution >= 4 is 21.6 Å². The number of ether oxygens (including phenoxy) is 1. The first kappa shape index (κ1) is 9.98. The summed E-state index contributed by atoms with van der Waals surface area (Å²) in [7, 11) is 1.40. The lowest BCUT2D eigenvalue weighted by Crippen LogP contribution is -1.94. The molecule has 5 heteroatoms. The first-order valence-corrected chi connectivity index (χ1v) is 4.36. The molecule has 13 heavy (non-hydrogen) atoms. The van der Waals surface area contributed by atoms with Crippen molar-refractivity contribution in [2.24, 2.45) is 0 Å². The highest BCUT2D eigenvalue weighted by Gasteiger charge is 2.14. The van der Waals surface area contributed by atoms with Crippen LogP contribution >= 0.6 is 15.9 Å². The Bertz CT molecular complexity index is 327. The van der Waals surface area contributed by atoms with Gasteiger partial charge >= 0.3 is 5.69 Å². The lowest BCUT2D eigenvalue weighted by molar-refractivity contribution is -0.385. The van der Waals surface area contributed by atoms with Crippen LogP contribution in [0.3, 0.4) is 0 Å². The topological polar surface area (TPSA) is 52.4 Å². The second kappa shape index (κ2) is 4.23. The fraction of sp³-hybridized carbons (Fsp3) is 0.125. The summed E-state index contributed by atoms with van der Waals surface area (Å²) < 4.78 is 4.84. The molecular weight excluding hydrogens is 238 g/mol. The van der Waals surface area contributed by atoms with Gasteiger partial charge in [0.25, 0.3) is 0 Å². The van der Waals surface area contributed by atoms with Crippen molar-refractivity contribution in [1.82, 2.24) is 0 Å².